The largest absolute Gasteiger partial charge is 0.351 e. The zero-order chi connectivity index (χ0) is 19.2. The minimum absolute atomic E-state index is 0.160. The Morgan fingerprint density at radius 1 is 1.00 bits per heavy atom. The summed E-state index contributed by atoms with van der Waals surface area (Å²) in [7, 11) is -3.76. The zero-order valence-corrected chi connectivity index (χ0v) is 16.2. The lowest BCUT2D eigenvalue weighted by Crippen LogP contribution is -2.47. The van der Waals surface area contributed by atoms with Crippen LogP contribution in [0, 0.1) is 12.8 Å². The van der Waals surface area contributed by atoms with E-state index in [1.165, 1.54) is 0 Å². The molecule has 0 bridgehead atoms. The Balaban J connectivity index is 2.10. The van der Waals surface area contributed by atoms with Gasteiger partial charge in [-0.3, -0.25) is 4.79 Å². The van der Waals surface area contributed by atoms with Gasteiger partial charge in [0.1, 0.15) is 6.04 Å². The lowest BCUT2D eigenvalue weighted by Gasteiger charge is -2.20. The lowest BCUT2D eigenvalue weighted by atomic mass is 10.0. The van der Waals surface area contributed by atoms with E-state index in [0.29, 0.717) is 13.0 Å². The van der Waals surface area contributed by atoms with Crippen LogP contribution >= 0.6 is 0 Å². The van der Waals surface area contributed by atoms with Gasteiger partial charge in [-0.2, -0.15) is 4.72 Å². The topological polar surface area (TPSA) is 75.3 Å². The second-order valence-corrected chi connectivity index (χ2v) is 8.53. The van der Waals surface area contributed by atoms with Crippen LogP contribution in [0.15, 0.2) is 59.5 Å². The van der Waals surface area contributed by atoms with Gasteiger partial charge in [-0.1, -0.05) is 61.9 Å². The molecule has 0 heterocycles. The Morgan fingerprint density at radius 3 is 2.19 bits per heavy atom. The Labute approximate surface area is 155 Å². The average molecular weight is 375 g/mol. The highest BCUT2D eigenvalue weighted by molar-refractivity contribution is 7.89. The predicted octanol–water partition coefficient (Wildman–Crippen LogP) is 3.00. The van der Waals surface area contributed by atoms with Gasteiger partial charge in [-0.15, -0.1) is 0 Å². The van der Waals surface area contributed by atoms with E-state index in [4.69, 9.17) is 0 Å². The molecule has 2 aromatic rings. The van der Waals surface area contributed by atoms with Crippen LogP contribution in [0.2, 0.25) is 0 Å². The molecule has 0 spiro atoms. The maximum absolute atomic E-state index is 12.6. The molecule has 6 heteroatoms. The minimum Gasteiger partial charge on any atom is -0.351 e. The first-order chi connectivity index (χ1) is 12.3. The molecule has 0 unspecified atom stereocenters. The summed E-state index contributed by atoms with van der Waals surface area (Å²) in [5, 5.41) is 2.82. The second-order valence-electron chi connectivity index (χ2n) is 6.82. The zero-order valence-electron chi connectivity index (χ0n) is 15.4. The molecule has 0 saturated heterocycles. The normalized spacial score (nSPS) is 12.8. The van der Waals surface area contributed by atoms with Crippen molar-refractivity contribution in [3.63, 3.8) is 0 Å². The van der Waals surface area contributed by atoms with Crippen molar-refractivity contribution < 1.29 is 13.2 Å². The lowest BCUT2D eigenvalue weighted by molar-refractivity contribution is -0.123. The van der Waals surface area contributed by atoms with Crippen molar-refractivity contribution in [3.8, 4) is 0 Å². The van der Waals surface area contributed by atoms with Crippen molar-refractivity contribution in [2.75, 3.05) is 0 Å². The Hall–Kier alpha value is -2.18. The van der Waals surface area contributed by atoms with Crippen LogP contribution in [0.5, 0.6) is 0 Å². The average Bonchev–Trinajstić information content (AvgIpc) is 2.60. The van der Waals surface area contributed by atoms with E-state index in [0.717, 1.165) is 11.1 Å². The van der Waals surface area contributed by atoms with Gasteiger partial charge in [0.15, 0.2) is 0 Å². The summed E-state index contributed by atoms with van der Waals surface area (Å²) in [6.07, 6.45) is 0.422. The summed E-state index contributed by atoms with van der Waals surface area (Å²) in [6, 6.07) is 15.3. The SMILES string of the molecule is Cc1ccc(S(=O)(=O)N[C@H](CC(C)C)C(=O)NCc2ccccc2)cc1. The van der Waals surface area contributed by atoms with Gasteiger partial charge in [0.2, 0.25) is 15.9 Å². The third-order valence-electron chi connectivity index (χ3n) is 3.96. The summed E-state index contributed by atoms with van der Waals surface area (Å²) in [4.78, 5) is 12.7. The molecule has 5 nitrogen and oxygen atoms in total. The van der Waals surface area contributed by atoms with E-state index in [1.54, 1.807) is 24.3 Å². The molecule has 0 aromatic heterocycles. The summed E-state index contributed by atoms with van der Waals surface area (Å²) in [6.45, 7) is 6.16. The summed E-state index contributed by atoms with van der Waals surface area (Å²) >= 11 is 0. The molecule has 1 amide bonds. The van der Waals surface area contributed by atoms with Gasteiger partial charge in [0.25, 0.3) is 0 Å². The summed E-state index contributed by atoms with van der Waals surface area (Å²) in [5.41, 5.74) is 1.94. The van der Waals surface area contributed by atoms with E-state index < -0.39 is 16.1 Å². The summed E-state index contributed by atoms with van der Waals surface area (Å²) in [5.74, 6) is -0.151. The fourth-order valence-corrected chi connectivity index (χ4v) is 3.77. The molecule has 1 atom stereocenters. The van der Waals surface area contributed by atoms with Gasteiger partial charge in [-0.05, 0) is 37.0 Å². The molecule has 0 radical (unpaired) electrons. The predicted molar refractivity (Wildman–Crippen MR) is 103 cm³/mol. The molecule has 0 aliphatic rings. The van der Waals surface area contributed by atoms with Crippen LogP contribution in [0.3, 0.4) is 0 Å². The Morgan fingerprint density at radius 2 is 1.62 bits per heavy atom. The van der Waals surface area contributed by atoms with Gasteiger partial charge in [0.05, 0.1) is 4.90 Å². The second kappa shape index (κ2) is 8.96. The smallest absolute Gasteiger partial charge is 0.241 e. The molecule has 0 aliphatic heterocycles. The van der Waals surface area contributed by atoms with Gasteiger partial charge in [-0.25, -0.2) is 8.42 Å². The van der Waals surface area contributed by atoms with Gasteiger partial charge in [0, 0.05) is 6.54 Å². The Kier molecular flexibility index (Phi) is 6.94. The van der Waals surface area contributed by atoms with E-state index in [9.17, 15) is 13.2 Å². The molecule has 0 aliphatic carbocycles. The Bertz CT molecular complexity index is 816. The fraction of sp³-hybridized carbons (Fsp3) is 0.350. The van der Waals surface area contributed by atoms with E-state index in [2.05, 4.69) is 10.0 Å². The third-order valence-corrected chi connectivity index (χ3v) is 5.45. The highest BCUT2D eigenvalue weighted by Crippen LogP contribution is 2.13. The molecule has 2 N–H and O–H groups in total. The maximum atomic E-state index is 12.6. The number of aryl methyl sites for hydroxylation is 1. The highest BCUT2D eigenvalue weighted by atomic mass is 32.2. The number of sulfonamides is 1. The molecule has 26 heavy (non-hydrogen) atoms. The molecule has 0 fully saturated rings. The maximum Gasteiger partial charge on any atom is 0.241 e. The van der Waals surface area contributed by atoms with Crippen LogP contribution < -0.4 is 10.0 Å². The monoisotopic (exact) mass is 374 g/mol. The number of carbonyl (C=O) groups is 1. The van der Waals surface area contributed by atoms with Crippen LogP contribution in [-0.2, 0) is 21.4 Å². The van der Waals surface area contributed by atoms with E-state index in [1.807, 2.05) is 51.1 Å². The van der Waals surface area contributed by atoms with Crippen LogP contribution in [0.1, 0.15) is 31.4 Å². The first-order valence-corrected chi connectivity index (χ1v) is 10.2. The molecule has 2 rings (SSSR count). The number of rotatable bonds is 8. The number of nitrogens with one attached hydrogen (secondary N) is 2. The summed E-state index contributed by atoms with van der Waals surface area (Å²) < 4.78 is 27.8. The minimum atomic E-state index is -3.76. The van der Waals surface area contributed by atoms with Crippen LogP contribution in [0.25, 0.3) is 0 Å². The first kappa shape index (κ1) is 20.1. The van der Waals surface area contributed by atoms with Crippen molar-refractivity contribution in [1.82, 2.24) is 10.0 Å². The molecular formula is C20H26N2O3S. The molecule has 0 saturated carbocycles. The fourth-order valence-electron chi connectivity index (χ4n) is 2.56. The molecular weight excluding hydrogens is 348 g/mol. The van der Waals surface area contributed by atoms with Gasteiger partial charge >= 0.3 is 0 Å². The first-order valence-electron chi connectivity index (χ1n) is 8.68. The van der Waals surface area contributed by atoms with Crippen molar-refractivity contribution in [3.05, 3.63) is 65.7 Å². The van der Waals surface area contributed by atoms with Gasteiger partial charge < -0.3 is 5.32 Å². The number of benzene rings is 2. The van der Waals surface area contributed by atoms with Crippen molar-refractivity contribution in [1.29, 1.82) is 0 Å². The number of carbonyl (C=O) groups excluding carboxylic acids is 1. The van der Waals surface area contributed by atoms with E-state index in [-0.39, 0.29) is 16.7 Å². The number of hydrogen-bond donors (Lipinski definition) is 2. The quantitative estimate of drug-likeness (QED) is 0.746. The molecule has 140 valence electrons. The standard InChI is InChI=1S/C20H26N2O3S/c1-15(2)13-19(20(23)21-14-17-7-5-4-6-8-17)22-26(24,25)18-11-9-16(3)10-12-18/h4-12,15,19,22H,13-14H2,1-3H3,(H,21,23)/t19-/m1/s1. The number of hydrogen-bond acceptors (Lipinski definition) is 3. The van der Waals surface area contributed by atoms with Crippen molar-refractivity contribution in [2.24, 2.45) is 5.92 Å². The highest BCUT2D eigenvalue weighted by Gasteiger charge is 2.26. The third kappa shape index (κ3) is 5.97. The van der Waals surface area contributed by atoms with E-state index >= 15 is 0 Å². The van der Waals surface area contributed by atoms with Crippen LogP contribution in [-0.4, -0.2) is 20.4 Å². The van der Waals surface area contributed by atoms with Crippen molar-refractivity contribution in [2.45, 2.75) is 44.7 Å². The van der Waals surface area contributed by atoms with Crippen molar-refractivity contribution >= 4 is 15.9 Å². The number of amides is 1. The molecule has 2 aromatic carbocycles. The van der Waals surface area contributed by atoms with Crippen LogP contribution in [0.4, 0.5) is 0 Å².